The zero-order valence-electron chi connectivity index (χ0n) is 11.3. The Balaban J connectivity index is 5.71. The molecule has 0 aromatic rings. The molecule has 0 heterocycles. The average Bonchev–Trinajstić information content (AvgIpc) is 2.20. The van der Waals surface area contributed by atoms with Gasteiger partial charge >= 0.3 is 11.9 Å². The summed E-state index contributed by atoms with van der Waals surface area (Å²) in [7, 11) is 0. The van der Waals surface area contributed by atoms with Crippen LogP contribution in [0.5, 0.6) is 0 Å². The number of aliphatic imine (C=N–C) groups is 1. The zero-order chi connectivity index (χ0) is 15.4. The van der Waals surface area contributed by atoms with E-state index in [1.807, 2.05) is 0 Å². The molecule has 0 aliphatic heterocycles. The van der Waals surface area contributed by atoms with Crippen LogP contribution < -0.4 is 5.73 Å². The van der Waals surface area contributed by atoms with Crippen molar-refractivity contribution in [2.24, 2.45) is 22.6 Å². The first-order valence-corrected chi connectivity index (χ1v) is 5.72. The third-order valence-corrected chi connectivity index (χ3v) is 2.30. The molecule has 0 aliphatic rings. The van der Waals surface area contributed by atoms with Crippen molar-refractivity contribution < 1.29 is 18.1 Å². The molecule has 0 bridgehead atoms. The first-order chi connectivity index (χ1) is 8.47. The Kier molecular flexibility index (Phi) is 5.98. The highest BCUT2D eigenvalue weighted by Crippen LogP contribution is 2.20. The van der Waals surface area contributed by atoms with Crippen molar-refractivity contribution in [1.82, 2.24) is 0 Å². The van der Waals surface area contributed by atoms with E-state index in [2.05, 4.69) is 4.99 Å². The molecule has 0 saturated heterocycles. The lowest BCUT2D eigenvalue weighted by atomic mass is 9.99. The highest BCUT2D eigenvalue weighted by molar-refractivity contribution is 6.00. The molecule has 0 unspecified atom stereocenters. The Morgan fingerprint density at radius 1 is 1.26 bits per heavy atom. The van der Waals surface area contributed by atoms with Crippen LogP contribution in [-0.4, -0.2) is 23.4 Å². The number of nitrogens with zero attached hydrogens (tertiary/aromatic N) is 2. The largest absolute Gasteiger partial charge is 0.407 e. The Bertz CT molecular complexity index is 398. The van der Waals surface area contributed by atoms with E-state index in [4.69, 9.17) is 5.73 Å². The SMILES string of the molecule is CC(C)C(=NCC(F)(F)F)/C(=C(\N)C(C)C)[N+](=O)[O-]. The van der Waals surface area contributed by atoms with Crippen LogP contribution in [0.3, 0.4) is 0 Å². The second kappa shape index (κ2) is 6.53. The fourth-order valence-electron chi connectivity index (χ4n) is 1.33. The Hall–Kier alpha value is -1.60. The van der Waals surface area contributed by atoms with E-state index in [1.165, 1.54) is 13.8 Å². The van der Waals surface area contributed by atoms with Crippen LogP contribution in [0.1, 0.15) is 27.7 Å². The standard InChI is InChI=1S/C11H18F3N3O2/c1-6(2)8(15)10(17(18)19)9(7(3)4)16-5-11(12,13)14/h6-7H,5,15H2,1-4H3/b10-8+,16-9?. The number of nitrogens with two attached hydrogens (primary N) is 1. The molecule has 0 aromatic heterocycles. The van der Waals surface area contributed by atoms with E-state index in [-0.39, 0.29) is 17.3 Å². The predicted molar refractivity (Wildman–Crippen MR) is 66.2 cm³/mol. The summed E-state index contributed by atoms with van der Waals surface area (Å²) in [6, 6.07) is 0. The van der Waals surface area contributed by atoms with E-state index in [1.54, 1.807) is 13.8 Å². The number of nitro groups is 1. The molecule has 0 aromatic carbocycles. The van der Waals surface area contributed by atoms with Crippen LogP contribution in [0.15, 0.2) is 16.4 Å². The Morgan fingerprint density at radius 2 is 1.74 bits per heavy atom. The molecule has 19 heavy (non-hydrogen) atoms. The maximum atomic E-state index is 12.2. The molecule has 8 heteroatoms. The van der Waals surface area contributed by atoms with Crippen LogP contribution >= 0.6 is 0 Å². The zero-order valence-corrected chi connectivity index (χ0v) is 11.3. The van der Waals surface area contributed by atoms with Gasteiger partial charge in [0.05, 0.1) is 10.6 Å². The minimum absolute atomic E-state index is 0.0698. The summed E-state index contributed by atoms with van der Waals surface area (Å²) in [5, 5.41) is 11.0. The molecule has 0 saturated carbocycles. The fourth-order valence-corrected chi connectivity index (χ4v) is 1.33. The lowest BCUT2D eigenvalue weighted by molar-refractivity contribution is -0.417. The number of alkyl halides is 3. The highest BCUT2D eigenvalue weighted by Gasteiger charge is 2.31. The summed E-state index contributed by atoms with van der Waals surface area (Å²) in [4.78, 5) is 13.6. The smallest absolute Gasteiger partial charge is 0.396 e. The molecule has 110 valence electrons. The third-order valence-electron chi connectivity index (χ3n) is 2.30. The van der Waals surface area contributed by atoms with Gasteiger partial charge < -0.3 is 5.73 Å². The van der Waals surface area contributed by atoms with Gasteiger partial charge in [-0.25, -0.2) is 0 Å². The molecule has 0 radical (unpaired) electrons. The van der Waals surface area contributed by atoms with Crippen molar-refractivity contribution in [2.45, 2.75) is 33.9 Å². The summed E-state index contributed by atoms with van der Waals surface area (Å²) < 4.78 is 36.5. The van der Waals surface area contributed by atoms with Gasteiger partial charge in [0.1, 0.15) is 12.3 Å². The lowest BCUT2D eigenvalue weighted by Gasteiger charge is -2.13. The molecule has 2 N–H and O–H groups in total. The van der Waals surface area contributed by atoms with E-state index in [0.717, 1.165) is 0 Å². The van der Waals surface area contributed by atoms with Gasteiger partial charge in [0.25, 0.3) is 0 Å². The highest BCUT2D eigenvalue weighted by atomic mass is 19.4. The number of hydrogen-bond acceptors (Lipinski definition) is 4. The predicted octanol–water partition coefficient (Wildman–Crippen LogP) is 2.75. The second-order valence-electron chi connectivity index (χ2n) is 4.69. The van der Waals surface area contributed by atoms with E-state index >= 15 is 0 Å². The summed E-state index contributed by atoms with van der Waals surface area (Å²) in [6.07, 6.45) is -4.51. The van der Waals surface area contributed by atoms with E-state index in [9.17, 15) is 23.3 Å². The molecule has 0 amide bonds. The van der Waals surface area contributed by atoms with Crippen molar-refractivity contribution in [3.05, 3.63) is 21.5 Å². The summed E-state index contributed by atoms with van der Waals surface area (Å²) >= 11 is 0. The van der Waals surface area contributed by atoms with Crippen molar-refractivity contribution in [1.29, 1.82) is 0 Å². The minimum atomic E-state index is -4.51. The van der Waals surface area contributed by atoms with E-state index < -0.39 is 29.3 Å². The average molecular weight is 281 g/mol. The quantitative estimate of drug-likeness (QED) is 0.478. The lowest BCUT2D eigenvalue weighted by Crippen LogP contribution is -2.26. The van der Waals surface area contributed by atoms with Crippen molar-refractivity contribution in [2.75, 3.05) is 6.54 Å². The van der Waals surface area contributed by atoms with Gasteiger partial charge in [-0.2, -0.15) is 13.2 Å². The topological polar surface area (TPSA) is 81.5 Å². The number of allylic oxidation sites excluding steroid dienone is 2. The third kappa shape index (κ3) is 5.71. The van der Waals surface area contributed by atoms with Gasteiger partial charge in [-0.1, -0.05) is 27.7 Å². The van der Waals surface area contributed by atoms with E-state index in [0.29, 0.717) is 0 Å². The second-order valence-corrected chi connectivity index (χ2v) is 4.69. The van der Waals surface area contributed by atoms with Gasteiger partial charge in [-0.3, -0.25) is 15.1 Å². The van der Waals surface area contributed by atoms with Gasteiger partial charge in [0, 0.05) is 5.92 Å². The molecule has 0 spiro atoms. The Labute approximate surface area is 109 Å². The summed E-state index contributed by atoms with van der Waals surface area (Å²) in [5.74, 6) is -0.879. The molecule has 0 atom stereocenters. The maximum Gasteiger partial charge on any atom is 0.407 e. The summed E-state index contributed by atoms with van der Waals surface area (Å²) in [5.41, 5.74) is 4.80. The minimum Gasteiger partial charge on any atom is -0.396 e. The monoisotopic (exact) mass is 281 g/mol. The van der Waals surface area contributed by atoms with Gasteiger partial charge in [0.2, 0.25) is 0 Å². The van der Waals surface area contributed by atoms with Crippen LogP contribution in [-0.2, 0) is 0 Å². The van der Waals surface area contributed by atoms with Crippen LogP contribution in [0.2, 0.25) is 0 Å². The molecular formula is C11H18F3N3O2. The summed E-state index contributed by atoms with van der Waals surface area (Å²) in [6.45, 7) is 4.86. The normalized spacial score (nSPS) is 14.9. The molecule has 5 nitrogen and oxygen atoms in total. The molecular weight excluding hydrogens is 263 g/mol. The Morgan fingerprint density at radius 3 is 2.00 bits per heavy atom. The maximum absolute atomic E-state index is 12.2. The first-order valence-electron chi connectivity index (χ1n) is 5.72. The van der Waals surface area contributed by atoms with Gasteiger partial charge in [-0.15, -0.1) is 0 Å². The first kappa shape index (κ1) is 17.4. The van der Waals surface area contributed by atoms with Crippen LogP contribution in [0, 0.1) is 22.0 Å². The van der Waals surface area contributed by atoms with Crippen molar-refractivity contribution in [3.63, 3.8) is 0 Å². The number of hydrogen-bond donors (Lipinski definition) is 1. The fraction of sp³-hybridized carbons (Fsp3) is 0.727. The van der Waals surface area contributed by atoms with Crippen LogP contribution in [0.4, 0.5) is 13.2 Å². The van der Waals surface area contributed by atoms with Crippen molar-refractivity contribution >= 4 is 5.71 Å². The molecule has 0 fully saturated rings. The number of rotatable bonds is 5. The van der Waals surface area contributed by atoms with Gasteiger partial charge in [0.15, 0.2) is 0 Å². The van der Waals surface area contributed by atoms with Crippen LogP contribution in [0.25, 0.3) is 0 Å². The van der Waals surface area contributed by atoms with Crippen molar-refractivity contribution in [3.8, 4) is 0 Å². The van der Waals surface area contributed by atoms with Gasteiger partial charge in [-0.05, 0) is 5.92 Å². The molecule has 0 aliphatic carbocycles. The molecule has 0 rings (SSSR count). The number of halogens is 3.